The molecule has 0 fully saturated rings. The zero-order valence-corrected chi connectivity index (χ0v) is 10.3. The van der Waals surface area contributed by atoms with Crippen molar-refractivity contribution in [2.75, 3.05) is 6.61 Å². The minimum absolute atomic E-state index is 0.00873. The highest BCUT2D eigenvalue weighted by Crippen LogP contribution is 2.14. The van der Waals surface area contributed by atoms with Crippen molar-refractivity contribution < 1.29 is 4.74 Å². The molecule has 0 saturated heterocycles. The number of hydrogen-bond acceptors (Lipinski definition) is 3. The lowest BCUT2D eigenvalue weighted by Crippen LogP contribution is -2.13. The van der Waals surface area contributed by atoms with Crippen LogP contribution in [0.4, 0.5) is 0 Å². The van der Waals surface area contributed by atoms with E-state index in [1.807, 2.05) is 48.5 Å². The van der Waals surface area contributed by atoms with E-state index in [1.165, 1.54) is 0 Å². The predicted octanol–water partition coefficient (Wildman–Crippen LogP) is 2.94. The Bertz CT molecular complexity index is 445. The van der Waals surface area contributed by atoms with Crippen molar-refractivity contribution in [1.29, 1.82) is 0 Å². The quantitative estimate of drug-likeness (QED) is 0.792. The van der Waals surface area contributed by atoms with Gasteiger partial charge < -0.3 is 10.5 Å². The molecular weight excluding hydrogens is 224 g/mol. The fourth-order valence-corrected chi connectivity index (χ4v) is 1.75. The van der Waals surface area contributed by atoms with E-state index in [-0.39, 0.29) is 6.04 Å². The van der Waals surface area contributed by atoms with E-state index in [0.29, 0.717) is 6.61 Å². The molecule has 1 atom stereocenters. The van der Waals surface area contributed by atoms with Crippen molar-refractivity contribution in [1.82, 2.24) is 4.98 Å². The highest BCUT2D eigenvalue weighted by Gasteiger charge is 2.06. The molecule has 0 aliphatic carbocycles. The molecule has 0 aliphatic rings. The Balaban J connectivity index is 1.70. The Morgan fingerprint density at radius 3 is 2.56 bits per heavy atom. The summed E-state index contributed by atoms with van der Waals surface area (Å²) in [6.45, 7) is 0.685. The molecule has 1 unspecified atom stereocenters. The van der Waals surface area contributed by atoms with Crippen LogP contribution in [0.15, 0.2) is 54.7 Å². The molecule has 2 rings (SSSR count). The maximum atomic E-state index is 6.06. The van der Waals surface area contributed by atoms with E-state index < -0.39 is 0 Å². The lowest BCUT2D eigenvalue weighted by molar-refractivity contribution is 0.301. The number of nitrogens with two attached hydrogens (primary N) is 1. The van der Waals surface area contributed by atoms with Crippen molar-refractivity contribution in [2.24, 2.45) is 5.73 Å². The topological polar surface area (TPSA) is 48.1 Å². The van der Waals surface area contributed by atoms with E-state index in [4.69, 9.17) is 10.5 Å². The van der Waals surface area contributed by atoms with Gasteiger partial charge in [-0.2, -0.15) is 0 Å². The molecule has 3 nitrogen and oxygen atoms in total. The zero-order valence-electron chi connectivity index (χ0n) is 10.3. The fourth-order valence-electron chi connectivity index (χ4n) is 1.75. The number of nitrogens with zero attached hydrogens (tertiary/aromatic N) is 1. The molecule has 1 aromatic carbocycles. The van der Waals surface area contributed by atoms with Crippen molar-refractivity contribution in [3.63, 3.8) is 0 Å². The summed E-state index contributed by atoms with van der Waals surface area (Å²) < 4.78 is 5.62. The predicted molar refractivity (Wildman–Crippen MR) is 72.3 cm³/mol. The molecule has 3 heteroatoms. The van der Waals surface area contributed by atoms with Crippen LogP contribution in [-0.4, -0.2) is 11.6 Å². The van der Waals surface area contributed by atoms with E-state index in [2.05, 4.69) is 4.98 Å². The summed E-state index contributed by atoms with van der Waals surface area (Å²) >= 11 is 0. The minimum Gasteiger partial charge on any atom is -0.494 e. The summed E-state index contributed by atoms with van der Waals surface area (Å²) in [5.74, 6) is 0.906. The Morgan fingerprint density at radius 1 is 1.06 bits per heavy atom. The number of benzene rings is 1. The van der Waals surface area contributed by atoms with Crippen molar-refractivity contribution in [2.45, 2.75) is 18.9 Å². The lowest BCUT2D eigenvalue weighted by atomic mass is 10.1. The molecule has 2 aromatic rings. The largest absolute Gasteiger partial charge is 0.494 e. The fraction of sp³-hybridized carbons (Fsp3) is 0.267. The number of aromatic nitrogens is 1. The zero-order chi connectivity index (χ0) is 12.6. The second-order valence-electron chi connectivity index (χ2n) is 4.16. The van der Waals surface area contributed by atoms with Gasteiger partial charge in [0.2, 0.25) is 0 Å². The van der Waals surface area contributed by atoms with Crippen molar-refractivity contribution >= 4 is 0 Å². The van der Waals surface area contributed by atoms with Crippen LogP contribution in [0.2, 0.25) is 0 Å². The van der Waals surface area contributed by atoms with Crippen molar-refractivity contribution in [3.8, 4) is 5.75 Å². The van der Waals surface area contributed by atoms with Crippen LogP contribution in [0.25, 0.3) is 0 Å². The van der Waals surface area contributed by atoms with Crippen molar-refractivity contribution in [3.05, 3.63) is 60.4 Å². The van der Waals surface area contributed by atoms with Crippen LogP contribution in [0.1, 0.15) is 24.6 Å². The smallest absolute Gasteiger partial charge is 0.119 e. The van der Waals surface area contributed by atoms with Gasteiger partial charge in [0.25, 0.3) is 0 Å². The van der Waals surface area contributed by atoms with Crippen LogP contribution < -0.4 is 10.5 Å². The second kappa shape index (κ2) is 6.77. The highest BCUT2D eigenvalue weighted by atomic mass is 16.5. The van der Waals surface area contributed by atoms with Crippen LogP contribution in [-0.2, 0) is 0 Å². The first-order valence-electron chi connectivity index (χ1n) is 6.20. The molecule has 94 valence electrons. The SMILES string of the molecule is NC(CCCOc1ccccc1)c1ccccn1. The first kappa shape index (κ1) is 12.6. The van der Waals surface area contributed by atoms with Gasteiger partial charge in [0.15, 0.2) is 0 Å². The number of pyridine rings is 1. The van der Waals surface area contributed by atoms with Crippen LogP contribution in [0.5, 0.6) is 5.75 Å². The molecule has 0 amide bonds. The van der Waals surface area contributed by atoms with Crippen LogP contribution in [0.3, 0.4) is 0 Å². The summed E-state index contributed by atoms with van der Waals surface area (Å²) in [5, 5.41) is 0. The van der Waals surface area contributed by atoms with Gasteiger partial charge in [0.1, 0.15) is 5.75 Å². The third-order valence-corrected chi connectivity index (χ3v) is 2.74. The van der Waals surface area contributed by atoms with Gasteiger partial charge in [-0.1, -0.05) is 24.3 Å². The highest BCUT2D eigenvalue weighted by molar-refractivity contribution is 5.20. The molecule has 0 aliphatic heterocycles. The number of hydrogen-bond donors (Lipinski definition) is 1. The van der Waals surface area contributed by atoms with E-state index in [9.17, 15) is 0 Å². The molecule has 1 aromatic heterocycles. The molecule has 0 spiro atoms. The first-order chi connectivity index (χ1) is 8.86. The number of rotatable bonds is 6. The van der Waals surface area contributed by atoms with Gasteiger partial charge in [-0.3, -0.25) is 4.98 Å². The van der Waals surface area contributed by atoms with E-state index >= 15 is 0 Å². The molecule has 0 bridgehead atoms. The molecule has 1 heterocycles. The van der Waals surface area contributed by atoms with Gasteiger partial charge in [0, 0.05) is 12.2 Å². The average Bonchev–Trinajstić information content (AvgIpc) is 2.45. The third kappa shape index (κ3) is 3.86. The van der Waals surface area contributed by atoms with Gasteiger partial charge in [-0.15, -0.1) is 0 Å². The lowest BCUT2D eigenvalue weighted by Gasteiger charge is -2.11. The van der Waals surface area contributed by atoms with Gasteiger partial charge in [-0.05, 0) is 37.1 Å². The normalized spacial score (nSPS) is 12.1. The molecular formula is C15H18N2O. The summed E-state index contributed by atoms with van der Waals surface area (Å²) in [6.07, 6.45) is 3.58. The Hall–Kier alpha value is -1.87. The van der Waals surface area contributed by atoms with Gasteiger partial charge in [-0.25, -0.2) is 0 Å². The number of para-hydroxylation sites is 1. The molecule has 2 N–H and O–H groups in total. The van der Waals surface area contributed by atoms with E-state index in [0.717, 1.165) is 24.3 Å². The monoisotopic (exact) mass is 242 g/mol. The molecule has 18 heavy (non-hydrogen) atoms. The maximum absolute atomic E-state index is 6.06. The van der Waals surface area contributed by atoms with Crippen LogP contribution >= 0.6 is 0 Å². The molecule has 0 saturated carbocycles. The summed E-state index contributed by atoms with van der Waals surface area (Å²) in [7, 11) is 0. The van der Waals surface area contributed by atoms with Gasteiger partial charge >= 0.3 is 0 Å². The maximum Gasteiger partial charge on any atom is 0.119 e. The van der Waals surface area contributed by atoms with E-state index in [1.54, 1.807) is 6.20 Å². The average molecular weight is 242 g/mol. The number of ether oxygens (including phenoxy) is 1. The Kier molecular flexibility index (Phi) is 4.73. The standard InChI is InChI=1S/C15H18N2O/c16-14(15-10-4-5-11-17-15)9-6-12-18-13-7-2-1-3-8-13/h1-5,7-8,10-11,14H,6,9,12,16H2. The van der Waals surface area contributed by atoms with Gasteiger partial charge in [0.05, 0.1) is 12.3 Å². The Labute approximate surface area is 108 Å². The first-order valence-corrected chi connectivity index (χ1v) is 6.20. The minimum atomic E-state index is -0.00873. The third-order valence-electron chi connectivity index (χ3n) is 2.74. The second-order valence-corrected chi connectivity index (χ2v) is 4.16. The summed E-state index contributed by atoms with van der Waals surface area (Å²) in [6, 6.07) is 15.6. The summed E-state index contributed by atoms with van der Waals surface area (Å²) in [5.41, 5.74) is 7.00. The van der Waals surface area contributed by atoms with Crippen LogP contribution in [0, 0.1) is 0 Å². The Morgan fingerprint density at radius 2 is 1.83 bits per heavy atom. The summed E-state index contributed by atoms with van der Waals surface area (Å²) in [4.78, 5) is 4.25. The molecule has 0 radical (unpaired) electrons.